The lowest BCUT2D eigenvalue weighted by Gasteiger charge is -2.13. The van der Waals surface area contributed by atoms with Crippen molar-refractivity contribution in [2.45, 2.75) is 20.3 Å². The molecule has 0 amide bonds. The van der Waals surface area contributed by atoms with E-state index < -0.39 is 0 Å². The fourth-order valence-electron chi connectivity index (χ4n) is 1.85. The van der Waals surface area contributed by atoms with Crippen molar-refractivity contribution in [2.24, 2.45) is 0 Å². The van der Waals surface area contributed by atoms with Gasteiger partial charge in [0.2, 0.25) is 0 Å². The maximum Gasteiger partial charge on any atom is 0.159 e. The predicted molar refractivity (Wildman–Crippen MR) is 81.7 cm³/mol. The Hall–Kier alpha value is -2.29. The van der Waals surface area contributed by atoms with Crippen molar-refractivity contribution < 1.29 is 9.53 Å². The van der Waals surface area contributed by atoms with Crippen LogP contribution in [-0.4, -0.2) is 12.3 Å². The first kappa shape index (κ1) is 14.1. The molecule has 0 bridgehead atoms. The molecule has 0 radical (unpaired) electrons. The molecule has 0 saturated heterocycles. The van der Waals surface area contributed by atoms with Gasteiger partial charge >= 0.3 is 0 Å². The second kappa shape index (κ2) is 6.75. The standard InChI is InChI=1S/C17H19NO2/c1-3-11-18-16-12-14(13(2)19)9-10-17(16)20-15-7-5-4-6-8-15/h4-10,12,18H,3,11H2,1-2H3. The zero-order valence-corrected chi connectivity index (χ0v) is 11.8. The average molecular weight is 269 g/mol. The van der Waals surface area contributed by atoms with E-state index in [9.17, 15) is 4.79 Å². The fourth-order valence-corrected chi connectivity index (χ4v) is 1.85. The SMILES string of the molecule is CCCNc1cc(C(C)=O)ccc1Oc1ccccc1. The fraction of sp³-hybridized carbons (Fsp3) is 0.235. The molecule has 0 aromatic heterocycles. The van der Waals surface area contributed by atoms with Crippen LogP contribution in [0.5, 0.6) is 11.5 Å². The number of benzene rings is 2. The highest BCUT2D eigenvalue weighted by atomic mass is 16.5. The van der Waals surface area contributed by atoms with Crippen molar-refractivity contribution in [3.05, 3.63) is 54.1 Å². The van der Waals surface area contributed by atoms with Crippen LogP contribution in [0.1, 0.15) is 30.6 Å². The van der Waals surface area contributed by atoms with Gasteiger partial charge in [-0.1, -0.05) is 25.1 Å². The van der Waals surface area contributed by atoms with Crippen molar-refractivity contribution in [3.8, 4) is 11.5 Å². The molecule has 0 spiro atoms. The molecule has 20 heavy (non-hydrogen) atoms. The summed E-state index contributed by atoms with van der Waals surface area (Å²) >= 11 is 0. The molecule has 2 aromatic rings. The lowest BCUT2D eigenvalue weighted by atomic mass is 10.1. The quantitative estimate of drug-likeness (QED) is 0.784. The van der Waals surface area contributed by atoms with Crippen LogP contribution in [0.4, 0.5) is 5.69 Å². The van der Waals surface area contributed by atoms with E-state index in [1.54, 1.807) is 13.0 Å². The highest BCUT2D eigenvalue weighted by Crippen LogP contribution is 2.30. The van der Waals surface area contributed by atoms with Gasteiger partial charge in [0.25, 0.3) is 0 Å². The molecular weight excluding hydrogens is 250 g/mol. The third-order valence-electron chi connectivity index (χ3n) is 2.92. The average Bonchev–Trinajstić information content (AvgIpc) is 2.47. The molecule has 0 aliphatic heterocycles. The topological polar surface area (TPSA) is 38.3 Å². The molecule has 0 aliphatic rings. The van der Waals surface area contributed by atoms with Crippen molar-refractivity contribution in [1.29, 1.82) is 0 Å². The van der Waals surface area contributed by atoms with E-state index in [0.717, 1.165) is 30.2 Å². The van der Waals surface area contributed by atoms with E-state index in [4.69, 9.17) is 4.74 Å². The summed E-state index contributed by atoms with van der Waals surface area (Å²) in [5, 5.41) is 3.30. The molecule has 2 rings (SSSR count). The number of hydrogen-bond donors (Lipinski definition) is 1. The summed E-state index contributed by atoms with van der Waals surface area (Å²) in [6.45, 7) is 4.50. The molecule has 104 valence electrons. The largest absolute Gasteiger partial charge is 0.455 e. The first-order valence-corrected chi connectivity index (χ1v) is 6.82. The summed E-state index contributed by atoms with van der Waals surface area (Å²) in [6, 6.07) is 15.1. The Morgan fingerprint density at radius 2 is 1.90 bits per heavy atom. The Morgan fingerprint density at radius 3 is 2.55 bits per heavy atom. The number of nitrogens with one attached hydrogen (secondary N) is 1. The van der Waals surface area contributed by atoms with Gasteiger partial charge in [0, 0.05) is 12.1 Å². The second-order valence-corrected chi connectivity index (χ2v) is 4.61. The Labute approximate surface area is 119 Å². The molecule has 2 aromatic carbocycles. The Kier molecular flexibility index (Phi) is 4.77. The lowest BCUT2D eigenvalue weighted by molar-refractivity contribution is 0.101. The summed E-state index contributed by atoms with van der Waals surface area (Å²) in [4.78, 5) is 11.5. The number of hydrogen-bond acceptors (Lipinski definition) is 3. The number of Topliss-reactive ketones (excluding diaryl/α,β-unsaturated/α-hetero) is 1. The van der Waals surface area contributed by atoms with Crippen LogP contribution < -0.4 is 10.1 Å². The first-order chi connectivity index (χ1) is 9.70. The van der Waals surface area contributed by atoms with Crippen LogP contribution in [0, 0.1) is 0 Å². The molecular formula is C17H19NO2. The van der Waals surface area contributed by atoms with Gasteiger partial charge in [-0.2, -0.15) is 0 Å². The highest BCUT2D eigenvalue weighted by molar-refractivity contribution is 5.95. The number of rotatable bonds is 6. The molecule has 3 nitrogen and oxygen atoms in total. The number of ether oxygens (including phenoxy) is 1. The molecule has 3 heteroatoms. The van der Waals surface area contributed by atoms with Crippen LogP contribution >= 0.6 is 0 Å². The van der Waals surface area contributed by atoms with Gasteiger partial charge in [-0.3, -0.25) is 4.79 Å². The van der Waals surface area contributed by atoms with E-state index >= 15 is 0 Å². The lowest BCUT2D eigenvalue weighted by Crippen LogP contribution is -2.03. The van der Waals surface area contributed by atoms with Crippen LogP contribution in [0.15, 0.2) is 48.5 Å². The number of ketones is 1. The van der Waals surface area contributed by atoms with Gasteiger partial charge < -0.3 is 10.1 Å². The van der Waals surface area contributed by atoms with Crippen LogP contribution in [0.3, 0.4) is 0 Å². The monoisotopic (exact) mass is 269 g/mol. The Morgan fingerprint density at radius 1 is 1.15 bits per heavy atom. The summed E-state index contributed by atoms with van der Waals surface area (Å²) < 4.78 is 5.87. The first-order valence-electron chi connectivity index (χ1n) is 6.82. The van der Waals surface area contributed by atoms with Crippen LogP contribution in [0.2, 0.25) is 0 Å². The minimum atomic E-state index is 0.0517. The minimum absolute atomic E-state index is 0.0517. The van der Waals surface area contributed by atoms with Gasteiger partial charge in [-0.25, -0.2) is 0 Å². The zero-order chi connectivity index (χ0) is 14.4. The Bertz CT molecular complexity index is 579. The van der Waals surface area contributed by atoms with Gasteiger partial charge in [0.05, 0.1) is 5.69 Å². The van der Waals surface area contributed by atoms with Crippen molar-refractivity contribution in [3.63, 3.8) is 0 Å². The second-order valence-electron chi connectivity index (χ2n) is 4.61. The van der Waals surface area contributed by atoms with Crippen LogP contribution in [-0.2, 0) is 0 Å². The zero-order valence-electron chi connectivity index (χ0n) is 11.8. The Balaban J connectivity index is 2.28. The van der Waals surface area contributed by atoms with Crippen molar-refractivity contribution in [2.75, 3.05) is 11.9 Å². The van der Waals surface area contributed by atoms with Crippen molar-refractivity contribution >= 4 is 11.5 Å². The molecule has 0 unspecified atom stereocenters. The van der Waals surface area contributed by atoms with E-state index in [2.05, 4.69) is 12.2 Å². The number of anilines is 1. The predicted octanol–water partition coefficient (Wildman–Crippen LogP) is 4.50. The molecule has 0 atom stereocenters. The van der Waals surface area contributed by atoms with E-state index in [0.29, 0.717) is 5.56 Å². The molecule has 1 N–H and O–H groups in total. The molecule has 0 aliphatic carbocycles. The summed E-state index contributed by atoms with van der Waals surface area (Å²) in [7, 11) is 0. The number of para-hydroxylation sites is 1. The third-order valence-corrected chi connectivity index (χ3v) is 2.92. The van der Waals surface area contributed by atoms with Crippen molar-refractivity contribution in [1.82, 2.24) is 0 Å². The normalized spacial score (nSPS) is 10.1. The van der Waals surface area contributed by atoms with E-state index in [-0.39, 0.29) is 5.78 Å². The van der Waals surface area contributed by atoms with Gasteiger partial charge in [0.1, 0.15) is 5.75 Å². The van der Waals surface area contributed by atoms with Gasteiger partial charge in [-0.15, -0.1) is 0 Å². The van der Waals surface area contributed by atoms with Gasteiger partial charge in [0.15, 0.2) is 11.5 Å². The smallest absolute Gasteiger partial charge is 0.159 e. The maximum atomic E-state index is 11.5. The van der Waals surface area contributed by atoms with E-state index in [1.165, 1.54) is 0 Å². The molecule has 0 fully saturated rings. The summed E-state index contributed by atoms with van der Waals surface area (Å²) in [6.07, 6.45) is 1.01. The summed E-state index contributed by atoms with van der Waals surface area (Å²) in [5.41, 5.74) is 1.53. The molecule has 0 heterocycles. The minimum Gasteiger partial charge on any atom is -0.455 e. The number of carbonyl (C=O) groups excluding carboxylic acids is 1. The van der Waals surface area contributed by atoms with E-state index in [1.807, 2.05) is 42.5 Å². The highest BCUT2D eigenvalue weighted by Gasteiger charge is 2.08. The maximum absolute atomic E-state index is 11.5. The summed E-state index contributed by atoms with van der Waals surface area (Å²) in [5.74, 6) is 1.56. The number of carbonyl (C=O) groups is 1. The third kappa shape index (κ3) is 3.60. The van der Waals surface area contributed by atoms with Gasteiger partial charge in [-0.05, 0) is 43.7 Å². The molecule has 0 saturated carbocycles. The van der Waals surface area contributed by atoms with Crippen LogP contribution in [0.25, 0.3) is 0 Å².